The fourth-order valence-electron chi connectivity index (χ4n) is 3.91. The first-order valence-electron chi connectivity index (χ1n) is 13.3. The minimum atomic E-state index is -0.457. The Hall–Kier alpha value is -3.84. The first-order valence-corrected chi connectivity index (χ1v) is 15.8. The van der Waals surface area contributed by atoms with Crippen molar-refractivity contribution in [3.8, 4) is 0 Å². The van der Waals surface area contributed by atoms with Crippen LogP contribution < -0.4 is 10.9 Å². The van der Waals surface area contributed by atoms with Crippen molar-refractivity contribution in [3.63, 3.8) is 0 Å². The van der Waals surface area contributed by atoms with Crippen LogP contribution in [-0.4, -0.2) is 55.2 Å². The van der Waals surface area contributed by atoms with Crippen LogP contribution in [-0.2, 0) is 19.2 Å². The van der Waals surface area contributed by atoms with Crippen LogP contribution in [0.1, 0.15) is 30.4 Å². The van der Waals surface area contributed by atoms with Crippen molar-refractivity contribution in [2.45, 2.75) is 19.3 Å². The highest BCUT2D eigenvalue weighted by molar-refractivity contribution is 8.27. The molecule has 2 aromatic carbocycles. The third-order valence-corrected chi connectivity index (χ3v) is 8.90. The number of thioether (sulfide) groups is 2. The summed E-state index contributed by atoms with van der Waals surface area (Å²) in [5.74, 6) is -1.32. The summed E-state index contributed by atoms with van der Waals surface area (Å²) >= 11 is 13.1. The Balaban J connectivity index is 1.14. The molecule has 2 N–H and O–H groups in total. The quantitative estimate of drug-likeness (QED) is 0.195. The molecule has 0 atom stereocenters. The van der Waals surface area contributed by atoms with Gasteiger partial charge in [-0.3, -0.25) is 39.8 Å². The van der Waals surface area contributed by atoms with Crippen molar-refractivity contribution < 1.29 is 19.2 Å². The number of rotatable bonds is 11. The lowest BCUT2D eigenvalue weighted by Crippen LogP contribution is -2.43. The molecule has 0 spiro atoms. The van der Waals surface area contributed by atoms with Gasteiger partial charge in [-0.05, 0) is 29.7 Å². The molecular formula is C31H28N4O4S4. The highest BCUT2D eigenvalue weighted by Crippen LogP contribution is 2.32. The van der Waals surface area contributed by atoms with E-state index >= 15 is 0 Å². The van der Waals surface area contributed by atoms with E-state index in [0.29, 0.717) is 24.9 Å². The molecule has 0 aromatic heterocycles. The van der Waals surface area contributed by atoms with Crippen LogP contribution in [0.2, 0.25) is 0 Å². The Kier molecular flexibility index (Phi) is 12.0. The van der Waals surface area contributed by atoms with Crippen molar-refractivity contribution in [2.24, 2.45) is 0 Å². The molecule has 0 bridgehead atoms. The van der Waals surface area contributed by atoms with E-state index in [-0.39, 0.29) is 37.7 Å². The van der Waals surface area contributed by atoms with E-state index in [1.807, 2.05) is 78.9 Å². The third-order valence-electron chi connectivity index (χ3n) is 6.11. The number of amides is 4. The Morgan fingerprint density at radius 2 is 1.12 bits per heavy atom. The lowest BCUT2D eigenvalue weighted by molar-refractivity contribution is -0.129. The number of allylic oxidation sites excluding steroid dienone is 4. The molecule has 2 aromatic rings. The minimum Gasteiger partial charge on any atom is -0.293 e. The molecule has 2 saturated heterocycles. The highest BCUT2D eigenvalue weighted by Gasteiger charge is 2.32. The maximum Gasteiger partial charge on any atom is 0.266 e. The van der Waals surface area contributed by atoms with Gasteiger partial charge in [-0.25, -0.2) is 0 Å². The second-order valence-corrected chi connectivity index (χ2v) is 12.6. The van der Waals surface area contributed by atoms with Crippen molar-refractivity contribution in [2.75, 3.05) is 13.1 Å². The number of hydrazine groups is 1. The molecule has 8 nitrogen and oxygen atoms in total. The van der Waals surface area contributed by atoms with Crippen LogP contribution in [0.5, 0.6) is 0 Å². The predicted octanol–water partition coefficient (Wildman–Crippen LogP) is 5.22. The van der Waals surface area contributed by atoms with Crippen LogP contribution in [0.25, 0.3) is 12.2 Å². The van der Waals surface area contributed by atoms with Gasteiger partial charge in [0.2, 0.25) is 11.8 Å². The number of benzene rings is 2. The average Bonchev–Trinajstić information content (AvgIpc) is 3.43. The summed E-state index contributed by atoms with van der Waals surface area (Å²) in [6.45, 7) is 0.378. The number of carbonyl (C=O) groups excluding carboxylic acids is 4. The minimum absolute atomic E-state index is 0.0402. The normalized spacial score (nSPS) is 17.3. The summed E-state index contributed by atoms with van der Waals surface area (Å²) in [5, 5.41) is 0. The van der Waals surface area contributed by atoms with Crippen LogP contribution in [0.3, 0.4) is 0 Å². The average molecular weight is 649 g/mol. The van der Waals surface area contributed by atoms with E-state index < -0.39 is 11.8 Å². The van der Waals surface area contributed by atoms with Crippen LogP contribution in [0.4, 0.5) is 0 Å². The van der Waals surface area contributed by atoms with Crippen molar-refractivity contribution in [3.05, 3.63) is 106 Å². The second-order valence-electron chi connectivity index (χ2n) is 9.20. The predicted molar refractivity (Wildman–Crippen MR) is 181 cm³/mol. The van der Waals surface area contributed by atoms with Gasteiger partial charge < -0.3 is 0 Å². The SMILES string of the molecule is O=C(CCCN1C(=O)C(=CC=Cc2ccccc2)SC1=S)NNC(=O)CCN1C(=O)C(=CC=Cc2ccccc2)SC1=S. The zero-order valence-corrected chi connectivity index (χ0v) is 26.2. The molecule has 2 aliphatic rings. The number of hydrogen-bond acceptors (Lipinski definition) is 8. The number of nitrogens with zero attached hydrogens (tertiary/aromatic N) is 2. The lowest BCUT2D eigenvalue weighted by atomic mass is 10.2. The fraction of sp³-hybridized carbons (Fsp3) is 0.161. The van der Waals surface area contributed by atoms with Crippen molar-refractivity contribution in [1.82, 2.24) is 20.7 Å². The van der Waals surface area contributed by atoms with Crippen LogP contribution >= 0.6 is 48.0 Å². The first kappa shape index (κ1) is 32.1. The summed E-state index contributed by atoms with van der Waals surface area (Å²) in [7, 11) is 0. The van der Waals surface area contributed by atoms with Gasteiger partial charge in [0, 0.05) is 25.9 Å². The monoisotopic (exact) mass is 648 g/mol. The second kappa shape index (κ2) is 16.1. The molecule has 0 aliphatic carbocycles. The van der Waals surface area contributed by atoms with E-state index in [1.54, 1.807) is 18.2 Å². The Morgan fingerprint density at radius 3 is 1.60 bits per heavy atom. The molecule has 220 valence electrons. The van der Waals surface area contributed by atoms with Crippen LogP contribution in [0, 0.1) is 0 Å². The Labute approximate surface area is 269 Å². The topological polar surface area (TPSA) is 98.8 Å². The van der Waals surface area contributed by atoms with Gasteiger partial charge in [0.15, 0.2) is 0 Å². The summed E-state index contributed by atoms with van der Waals surface area (Å²) in [5.41, 5.74) is 6.76. The Morgan fingerprint density at radius 1 is 0.674 bits per heavy atom. The van der Waals surface area contributed by atoms with Gasteiger partial charge >= 0.3 is 0 Å². The van der Waals surface area contributed by atoms with E-state index in [1.165, 1.54) is 33.3 Å². The van der Waals surface area contributed by atoms with E-state index in [9.17, 15) is 19.2 Å². The van der Waals surface area contributed by atoms with Gasteiger partial charge in [0.1, 0.15) is 8.64 Å². The standard InChI is InChI=1S/C31H28N4O4S4/c36-26(18-9-20-34-28(38)24(42-30(34)40)16-7-14-22-10-3-1-4-11-22)32-33-27(37)19-21-35-29(39)25(43-31(35)41)17-8-15-23-12-5-2-6-13-23/h1-8,10-17H,9,18-21H2,(H,32,36)(H,33,37). The summed E-state index contributed by atoms with van der Waals surface area (Å²) in [4.78, 5) is 53.8. The van der Waals surface area contributed by atoms with E-state index in [4.69, 9.17) is 24.4 Å². The maximum absolute atomic E-state index is 12.7. The van der Waals surface area contributed by atoms with Crippen molar-refractivity contribution in [1.29, 1.82) is 0 Å². The first-order chi connectivity index (χ1) is 20.8. The van der Waals surface area contributed by atoms with Gasteiger partial charge in [-0.15, -0.1) is 0 Å². The smallest absolute Gasteiger partial charge is 0.266 e. The highest BCUT2D eigenvalue weighted by atomic mass is 32.2. The molecular weight excluding hydrogens is 621 g/mol. The number of thiocarbonyl (C=S) groups is 2. The summed E-state index contributed by atoms with van der Waals surface area (Å²) in [6, 6.07) is 19.4. The molecule has 2 aliphatic heterocycles. The molecule has 0 unspecified atom stereocenters. The van der Waals surface area contributed by atoms with Crippen molar-refractivity contribution >= 4 is 92.4 Å². The molecule has 43 heavy (non-hydrogen) atoms. The van der Waals surface area contributed by atoms with Gasteiger partial charge in [0.25, 0.3) is 11.8 Å². The largest absolute Gasteiger partial charge is 0.293 e. The molecule has 2 heterocycles. The summed E-state index contributed by atoms with van der Waals surface area (Å²) < 4.78 is 0.815. The number of carbonyl (C=O) groups is 4. The third kappa shape index (κ3) is 9.58. The van der Waals surface area contributed by atoms with E-state index in [2.05, 4.69) is 10.9 Å². The van der Waals surface area contributed by atoms with Gasteiger partial charge in [-0.2, -0.15) is 0 Å². The molecule has 12 heteroatoms. The molecule has 0 saturated carbocycles. The molecule has 4 rings (SSSR count). The fourth-order valence-corrected chi connectivity index (χ4v) is 6.43. The lowest BCUT2D eigenvalue weighted by Gasteiger charge is -2.15. The zero-order valence-electron chi connectivity index (χ0n) is 22.9. The van der Waals surface area contributed by atoms with E-state index in [0.717, 1.165) is 11.1 Å². The van der Waals surface area contributed by atoms with Gasteiger partial charge in [0.05, 0.1) is 9.81 Å². The molecule has 2 fully saturated rings. The molecule has 4 amide bonds. The van der Waals surface area contributed by atoms with Crippen LogP contribution in [0.15, 0.2) is 94.8 Å². The zero-order chi connectivity index (χ0) is 30.6. The maximum atomic E-state index is 12.7. The summed E-state index contributed by atoms with van der Waals surface area (Å²) in [6.07, 6.45) is 11.2. The molecule has 0 radical (unpaired) electrons. The number of nitrogens with one attached hydrogen (secondary N) is 2. The number of hydrogen-bond donors (Lipinski definition) is 2. The van der Waals surface area contributed by atoms with Gasteiger partial charge in [-0.1, -0.05) is 133 Å². The Bertz CT molecular complexity index is 1520.